The Morgan fingerprint density at radius 3 is 2.31 bits per heavy atom. The van der Waals surface area contributed by atoms with Gasteiger partial charge >= 0.3 is 12.4 Å². The van der Waals surface area contributed by atoms with Crippen LogP contribution < -0.4 is 10.1 Å². The quantitative estimate of drug-likeness (QED) is 0.491. The molecule has 0 aliphatic heterocycles. The smallest absolute Gasteiger partial charge is 0.438 e. The summed E-state index contributed by atoms with van der Waals surface area (Å²) in [5.41, 5.74) is -0.615. The molecule has 1 amide bonds. The third-order valence-electron chi connectivity index (χ3n) is 3.87. The van der Waals surface area contributed by atoms with Gasteiger partial charge in [0, 0.05) is 11.9 Å². The summed E-state index contributed by atoms with van der Waals surface area (Å²) < 4.78 is 95.2. The van der Waals surface area contributed by atoms with Crippen LogP contribution in [0.4, 0.5) is 36.4 Å². The van der Waals surface area contributed by atoms with Gasteiger partial charge in [-0.3, -0.25) is 4.79 Å². The summed E-state index contributed by atoms with van der Waals surface area (Å²) in [7, 11) is 0. The molecular weight excluding hydrogens is 447 g/mol. The molecule has 0 radical (unpaired) electrons. The van der Waals surface area contributed by atoms with Crippen LogP contribution in [-0.2, 0) is 12.6 Å². The van der Waals surface area contributed by atoms with Crippen LogP contribution >= 0.6 is 0 Å². The Bertz CT molecular complexity index is 1110. The molecule has 12 heteroatoms. The van der Waals surface area contributed by atoms with Gasteiger partial charge in [0.1, 0.15) is 17.1 Å². The zero-order chi connectivity index (χ0) is 23.5. The van der Waals surface area contributed by atoms with E-state index in [-0.39, 0.29) is 17.0 Å². The number of halogens is 7. The molecule has 1 aromatic heterocycles. The molecule has 0 saturated heterocycles. The van der Waals surface area contributed by atoms with Crippen molar-refractivity contribution in [3.8, 4) is 11.6 Å². The fourth-order valence-corrected chi connectivity index (χ4v) is 2.53. The third-order valence-corrected chi connectivity index (χ3v) is 3.87. The standard InChI is InChI=1S/C20H12F7N3O2/c21-12-4-6-13(7-5-12)29-16(31)15-10-28-18(20(25,26)27)30-17(15)32-14-3-1-2-11(8-14)9-19(22,23)24/h1-8,10H,9H2,(H,29,31). The lowest BCUT2D eigenvalue weighted by molar-refractivity contribution is -0.145. The maximum atomic E-state index is 13.0. The average Bonchev–Trinajstić information content (AvgIpc) is 2.68. The molecule has 0 bridgehead atoms. The molecule has 5 nitrogen and oxygen atoms in total. The number of aromatic nitrogens is 2. The highest BCUT2D eigenvalue weighted by molar-refractivity contribution is 6.05. The topological polar surface area (TPSA) is 64.1 Å². The van der Waals surface area contributed by atoms with Crippen molar-refractivity contribution in [1.82, 2.24) is 9.97 Å². The fourth-order valence-electron chi connectivity index (χ4n) is 2.53. The van der Waals surface area contributed by atoms with Gasteiger partial charge in [-0.05, 0) is 42.0 Å². The van der Waals surface area contributed by atoms with E-state index in [2.05, 4.69) is 15.3 Å². The minimum absolute atomic E-state index is 0.120. The first-order valence-corrected chi connectivity index (χ1v) is 8.75. The highest BCUT2D eigenvalue weighted by Crippen LogP contribution is 2.31. The zero-order valence-electron chi connectivity index (χ0n) is 15.8. The molecule has 3 aromatic rings. The van der Waals surface area contributed by atoms with Crippen LogP contribution in [0, 0.1) is 5.82 Å². The number of rotatable bonds is 5. The monoisotopic (exact) mass is 459 g/mol. The highest BCUT2D eigenvalue weighted by atomic mass is 19.4. The lowest BCUT2D eigenvalue weighted by Crippen LogP contribution is -2.18. The van der Waals surface area contributed by atoms with E-state index in [9.17, 15) is 35.5 Å². The van der Waals surface area contributed by atoms with E-state index in [1.807, 2.05) is 0 Å². The van der Waals surface area contributed by atoms with Crippen molar-refractivity contribution in [3.63, 3.8) is 0 Å². The van der Waals surface area contributed by atoms with Crippen molar-refractivity contribution in [2.45, 2.75) is 18.8 Å². The first kappa shape index (κ1) is 23.0. The van der Waals surface area contributed by atoms with Crippen molar-refractivity contribution in [2.24, 2.45) is 0 Å². The summed E-state index contributed by atoms with van der Waals surface area (Å²) >= 11 is 0. The Labute approximate surface area is 175 Å². The molecule has 32 heavy (non-hydrogen) atoms. The maximum absolute atomic E-state index is 13.0. The van der Waals surface area contributed by atoms with Gasteiger partial charge in [-0.25, -0.2) is 9.37 Å². The lowest BCUT2D eigenvalue weighted by Gasteiger charge is -2.13. The van der Waals surface area contributed by atoms with E-state index in [0.29, 0.717) is 6.20 Å². The van der Waals surface area contributed by atoms with Crippen LogP contribution in [-0.4, -0.2) is 22.1 Å². The summed E-state index contributed by atoms with van der Waals surface area (Å²) in [4.78, 5) is 18.9. The largest absolute Gasteiger partial charge is 0.451 e. The van der Waals surface area contributed by atoms with E-state index >= 15 is 0 Å². The first-order chi connectivity index (χ1) is 14.9. The van der Waals surface area contributed by atoms with Crippen molar-refractivity contribution in [1.29, 1.82) is 0 Å². The normalized spacial score (nSPS) is 11.8. The lowest BCUT2D eigenvalue weighted by atomic mass is 10.1. The van der Waals surface area contributed by atoms with Gasteiger partial charge in [0.25, 0.3) is 5.91 Å². The maximum Gasteiger partial charge on any atom is 0.451 e. The Balaban J connectivity index is 1.94. The van der Waals surface area contributed by atoms with Gasteiger partial charge in [0.15, 0.2) is 0 Å². The zero-order valence-corrected chi connectivity index (χ0v) is 15.8. The van der Waals surface area contributed by atoms with E-state index in [4.69, 9.17) is 4.74 Å². The van der Waals surface area contributed by atoms with Gasteiger partial charge < -0.3 is 10.1 Å². The second-order valence-corrected chi connectivity index (χ2v) is 6.41. The van der Waals surface area contributed by atoms with Crippen LogP contribution in [0.25, 0.3) is 0 Å². The summed E-state index contributed by atoms with van der Waals surface area (Å²) in [6, 6.07) is 9.02. The van der Waals surface area contributed by atoms with Crippen LogP contribution in [0.1, 0.15) is 21.7 Å². The Kier molecular flexibility index (Phi) is 6.32. The number of alkyl halides is 6. The summed E-state index contributed by atoms with van der Waals surface area (Å²) in [5.74, 6) is -4.27. The van der Waals surface area contributed by atoms with E-state index in [1.54, 1.807) is 0 Å². The molecule has 1 N–H and O–H groups in total. The Hall–Kier alpha value is -3.70. The van der Waals surface area contributed by atoms with E-state index in [0.717, 1.165) is 24.3 Å². The highest BCUT2D eigenvalue weighted by Gasteiger charge is 2.36. The predicted molar refractivity (Wildman–Crippen MR) is 97.7 cm³/mol. The van der Waals surface area contributed by atoms with Gasteiger partial charge in [-0.15, -0.1) is 0 Å². The molecule has 0 saturated carbocycles. The molecule has 0 atom stereocenters. The average molecular weight is 459 g/mol. The summed E-state index contributed by atoms with van der Waals surface area (Å²) in [6.45, 7) is 0. The number of amides is 1. The number of benzene rings is 2. The summed E-state index contributed by atoms with van der Waals surface area (Å²) in [6.07, 6.45) is -10.2. The number of hydrogen-bond acceptors (Lipinski definition) is 4. The van der Waals surface area contributed by atoms with Crippen molar-refractivity contribution in [3.05, 3.63) is 77.5 Å². The summed E-state index contributed by atoms with van der Waals surface area (Å²) in [5, 5.41) is 2.32. The minimum atomic E-state index is -4.97. The Morgan fingerprint density at radius 1 is 1.00 bits per heavy atom. The predicted octanol–water partition coefficient (Wildman–Crippen LogP) is 5.78. The first-order valence-electron chi connectivity index (χ1n) is 8.75. The molecule has 0 unspecified atom stereocenters. The second kappa shape index (κ2) is 8.81. The number of ether oxygens (including phenoxy) is 1. The van der Waals surface area contributed by atoms with Crippen LogP contribution in [0.15, 0.2) is 54.7 Å². The molecule has 0 spiro atoms. The number of carbonyl (C=O) groups excluding carboxylic acids is 1. The van der Waals surface area contributed by atoms with Crippen LogP contribution in [0.2, 0.25) is 0 Å². The number of hydrogen-bond donors (Lipinski definition) is 1. The van der Waals surface area contributed by atoms with Crippen molar-refractivity contribution < 1.29 is 40.3 Å². The number of carbonyl (C=O) groups is 1. The van der Waals surface area contributed by atoms with E-state index < -0.39 is 47.8 Å². The van der Waals surface area contributed by atoms with E-state index in [1.165, 1.54) is 24.3 Å². The van der Waals surface area contributed by atoms with Crippen LogP contribution in [0.5, 0.6) is 11.6 Å². The van der Waals surface area contributed by atoms with Gasteiger partial charge in [-0.1, -0.05) is 12.1 Å². The van der Waals surface area contributed by atoms with Gasteiger partial charge in [0.2, 0.25) is 11.7 Å². The number of anilines is 1. The molecular formula is C20H12F7N3O2. The van der Waals surface area contributed by atoms with Gasteiger partial charge in [-0.2, -0.15) is 31.3 Å². The Morgan fingerprint density at radius 2 is 1.69 bits per heavy atom. The molecule has 0 fully saturated rings. The fraction of sp³-hybridized carbons (Fsp3) is 0.150. The second-order valence-electron chi connectivity index (χ2n) is 6.41. The number of nitrogens with zero attached hydrogens (tertiary/aromatic N) is 2. The molecule has 1 heterocycles. The SMILES string of the molecule is O=C(Nc1ccc(F)cc1)c1cnc(C(F)(F)F)nc1Oc1cccc(CC(F)(F)F)c1. The molecule has 0 aliphatic rings. The third kappa shape index (κ3) is 6.15. The van der Waals surface area contributed by atoms with Gasteiger partial charge in [0.05, 0.1) is 6.42 Å². The number of nitrogens with one attached hydrogen (secondary N) is 1. The molecule has 0 aliphatic carbocycles. The van der Waals surface area contributed by atoms with Crippen LogP contribution in [0.3, 0.4) is 0 Å². The minimum Gasteiger partial charge on any atom is -0.438 e. The molecule has 3 rings (SSSR count). The van der Waals surface area contributed by atoms with Crippen molar-refractivity contribution in [2.75, 3.05) is 5.32 Å². The molecule has 2 aromatic carbocycles. The van der Waals surface area contributed by atoms with Crippen molar-refractivity contribution >= 4 is 11.6 Å². The molecule has 168 valence electrons.